The lowest BCUT2D eigenvalue weighted by molar-refractivity contribution is 0.0688. The maximum atomic E-state index is 12.9. The van der Waals surface area contributed by atoms with Crippen molar-refractivity contribution >= 4 is 11.6 Å². The van der Waals surface area contributed by atoms with Crippen LogP contribution in [0.1, 0.15) is 35.8 Å². The monoisotopic (exact) mass is 292 g/mol. The van der Waals surface area contributed by atoms with Gasteiger partial charge in [0.15, 0.2) is 0 Å². The highest BCUT2D eigenvalue weighted by atomic mass is 16.3. The second-order valence-corrected chi connectivity index (χ2v) is 6.56. The molecule has 3 rings (SSSR count). The van der Waals surface area contributed by atoms with E-state index in [1.165, 1.54) is 0 Å². The average molecular weight is 292 g/mol. The molecule has 116 valence electrons. The van der Waals surface area contributed by atoms with Crippen LogP contribution in [0.25, 0.3) is 0 Å². The summed E-state index contributed by atoms with van der Waals surface area (Å²) in [6.07, 6.45) is 4.29. The first-order valence-corrected chi connectivity index (χ1v) is 7.57. The summed E-state index contributed by atoms with van der Waals surface area (Å²) in [4.78, 5) is 16.7. The minimum Gasteiger partial charge on any atom is -0.397 e. The van der Waals surface area contributed by atoms with E-state index in [1.54, 1.807) is 11.0 Å². The number of β-amino-alcohol motifs (C(OH)–C–C–N with tert-alkyl or cyclic N) is 1. The molecule has 1 amide bonds. The summed E-state index contributed by atoms with van der Waals surface area (Å²) >= 11 is 0. The molecule has 1 aromatic rings. The molecular weight excluding hydrogens is 268 g/mol. The Hall–Kier alpha value is -1.53. The van der Waals surface area contributed by atoms with Gasteiger partial charge in [0.1, 0.15) is 5.69 Å². The van der Waals surface area contributed by atoms with Crippen LogP contribution in [0.4, 0.5) is 5.69 Å². The Balaban J connectivity index is 1.83. The highest BCUT2D eigenvalue weighted by Crippen LogP contribution is 2.37. The molecule has 2 unspecified atom stereocenters. The molecule has 3 N–H and O–H groups in total. The summed E-state index contributed by atoms with van der Waals surface area (Å²) in [6, 6.07) is 2.24. The van der Waals surface area contributed by atoms with Crippen LogP contribution in [-0.2, 0) is 0 Å². The minimum atomic E-state index is -0.430. The number of aliphatic hydroxyl groups is 1. The number of hydrogen-bond donors (Lipinski definition) is 2. The number of aliphatic hydroxyl groups excluding tert-OH is 1. The van der Waals surface area contributed by atoms with E-state index in [4.69, 9.17) is 5.73 Å². The highest BCUT2D eigenvalue weighted by Gasteiger charge is 2.37. The van der Waals surface area contributed by atoms with E-state index < -0.39 is 6.10 Å². The molecule has 2 atom stereocenters. The Morgan fingerprint density at radius 1 is 1.48 bits per heavy atom. The van der Waals surface area contributed by atoms with Gasteiger partial charge in [0.05, 0.1) is 11.8 Å². The van der Waals surface area contributed by atoms with Gasteiger partial charge in [-0.2, -0.15) is 0 Å². The van der Waals surface area contributed by atoms with E-state index in [-0.39, 0.29) is 11.9 Å². The Morgan fingerprint density at radius 2 is 2.19 bits per heavy atom. The zero-order valence-corrected chi connectivity index (χ0v) is 12.7. The molecule has 0 bridgehead atoms. The van der Waals surface area contributed by atoms with E-state index in [1.807, 2.05) is 24.9 Å². The van der Waals surface area contributed by atoms with Gasteiger partial charge in [0.25, 0.3) is 5.91 Å². The quantitative estimate of drug-likeness (QED) is 0.849. The van der Waals surface area contributed by atoms with Gasteiger partial charge in [-0.15, -0.1) is 0 Å². The highest BCUT2D eigenvalue weighted by molar-refractivity contribution is 5.94. The fourth-order valence-corrected chi connectivity index (χ4v) is 3.21. The number of nitrogens with zero attached hydrogens (tertiary/aromatic N) is 3. The summed E-state index contributed by atoms with van der Waals surface area (Å²) in [5.74, 6) is -0.0120. The van der Waals surface area contributed by atoms with Crippen LogP contribution in [-0.4, -0.2) is 64.7 Å². The van der Waals surface area contributed by atoms with E-state index in [9.17, 15) is 9.90 Å². The normalized spacial score (nSPS) is 25.8. The summed E-state index contributed by atoms with van der Waals surface area (Å²) in [5, 5.41) is 9.93. The van der Waals surface area contributed by atoms with E-state index in [2.05, 4.69) is 4.90 Å². The molecule has 2 fully saturated rings. The maximum Gasteiger partial charge on any atom is 0.270 e. The Labute approximate surface area is 125 Å². The van der Waals surface area contributed by atoms with Crippen LogP contribution in [0.2, 0.25) is 0 Å². The third-order valence-corrected chi connectivity index (χ3v) is 4.26. The third-order valence-electron chi connectivity index (χ3n) is 4.26. The molecule has 0 aromatic carbocycles. The number of nitrogen functional groups attached to an aromatic ring is 1. The number of carbonyl (C=O) groups is 1. The second-order valence-electron chi connectivity index (χ2n) is 6.56. The summed E-state index contributed by atoms with van der Waals surface area (Å²) in [7, 11) is 3.97. The smallest absolute Gasteiger partial charge is 0.270 e. The zero-order chi connectivity index (χ0) is 15.1. The maximum absolute atomic E-state index is 12.9. The first kappa shape index (κ1) is 14.4. The standard InChI is InChI=1S/C15H24N4O2/c1-17(2)8-12-6-13(20)9-19(12)15(21)14-5-10(16)7-18(14)11-3-4-11/h5,7,11-13,20H,3-4,6,8-9,16H2,1-2H3. The van der Waals surface area contributed by atoms with Crippen molar-refractivity contribution in [3.8, 4) is 0 Å². The molecule has 6 nitrogen and oxygen atoms in total. The lowest BCUT2D eigenvalue weighted by Gasteiger charge is -2.27. The summed E-state index contributed by atoms with van der Waals surface area (Å²) in [5.41, 5.74) is 7.17. The van der Waals surface area contributed by atoms with Crippen molar-refractivity contribution in [1.82, 2.24) is 14.4 Å². The van der Waals surface area contributed by atoms with Gasteiger partial charge in [-0.3, -0.25) is 4.79 Å². The number of likely N-dealkylation sites (tertiary alicyclic amines) is 1. The second kappa shape index (κ2) is 5.35. The third kappa shape index (κ3) is 2.91. The summed E-state index contributed by atoms with van der Waals surface area (Å²) < 4.78 is 2.01. The zero-order valence-electron chi connectivity index (χ0n) is 12.7. The van der Waals surface area contributed by atoms with Gasteiger partial charge in [0, 0.05) is 31.4 Å². The van der Waals surface area contributed by atoms with E-state index in [0.29, 0.717) is 30.4 Å². The average Bonchev–Trinajstić information content (AvgIpc) is 3.08. The van der Waals surface area contributed by atoms with Crippen molar-refractivity contribution in [3.05, 3.63) is 18.0 Å². The lowest BCUT2D eigenvalue weighted by atomic mass is 10.2. The number of carbonyl (C=O) groups excluding carboxylic acids is 1. The first-order valence-electron chi connectivity index (χ1n) is 7.57. The predicted octanol–water partition coefficient (Wildman–Crippen LogP) is 0.542. The number of amides is 1. The topological polar surface area (TPSA) is 74.7 Å². The molecular formula is C15H24N4O2. The van der Waals surface area contributed by atoms with Gasteiger partial charge in [-0.25, -0.2) is 0 Å². The van der Waals surface area contributed by atoms with Crippen molar-refractivity contribution in [2.24, 2.45) is 0 Å². The largest absolute Gasteiger partial charge is 0.397 e. The molecule has 6 heteroatoms. The van der Waals surface area contributed by atoms with Gasteiger partial charge < -0.3 is 25.2 Å². The van der Waals surface area contributed by atoms with Crippen LogP contribution in [0.3, 0.4) is 0 Å². The van der Waals surface area contributed by atoms with Gasteiger partial charge >= 0.3 is 0 Å². The van der Waals surface area contributed by atoms with Crippen LogP contribution in [0.5, 0.6) is 0 Å². The van der Waals surface area contributed by atoms with Crippen molar-refractivity contribution in [1.29, 1.82) is 0 Å². The molecule has 1 aromatic heterocycles. The fourth-order valence-electron chi connectivity index (χ4n) is 3.21. The molecule has 2 heterocycles. The van der Waals surface area contributed by atoms with Crippen LogP contribution in [0.15, 0.2) is 12.3 Å². The van der Waals surface area contributed by atoms with Crippen molar-refractivity contribution < 1.29 is 9.90 Å². The number of anilines is 1. The molecule has 2 aliphatic rings. The Morgan fingerprint density at radius 3 is 2.81 bits per heavy atom. The molecule has 1 aliphatic carbocycles. The molecule has 0 spiro atoms. The number of aromatic nitrogens is 1. The van der Waals surface area contributed by atoms with E-state index in [0.717, 1.165) is 19.4 Å². The molecule has 1 saturated carbocycles. The lowest BCUT2D eigenvalue weighted by Crippen LogP contribution is -2.42. The molecule has 0 radical (unpaired) electrons. The number of rotatable bonds is 4. The van der Waals surface area contributed by atoms with Gasteiger partial charge in [-0.05, 0) is 39.4 Å². The Bertz CT molecular complexity index is 536. The summed E-state index contributed by atoms with van der Waals surface area (Å²) in [6.45, 7) is 1.18. The number of likely N-dealkylation sites (N-methyl/N-ethyl adjacent to an activating group) is 1. The number of nitrogens with two attached hydrogens (primary N) is 1. The fraction of sp³-hybridized carbons (Fsp3) is 0.667. The van der Waals surface area contributed by atoms with Crippen molar-refractivity contribution in [2.75, 3.05) is 32.9 Å². The van der Waals surface area contributed by atoms with Crippen LogP contribution >= 0.6 is 0 Å². The predicted molar refractivity (Wildman–Crippen MR) is 81.1 cm³/mol. The van der Waals surface area contributed by atoms with Crippen LogP contribution in [0, 0.1) is 0 Å². The SMILES string of the molecule is CN(C)CC1CC(O)CN1C(=O)c1cc(N)cn1C1CC1. The minimum absolute atomic E-state index is 0.0120. The molecule has 21 heavy (non-hydrogen) atoms. The molecule has 1 saturated heterocycles. The van der Waals surface area contributed by atoms with E-state index >= 15 is 0 Å². The van der Waals surface area contributed by atoms with Crippen molar-refractivity contribution in [2.45, 2.75) is 37.5 Å². The van der Waals surface area contributed by atoms with Crippen LogP contribution < -0.4 is 5.73 Å². The molecule has 1 aliphatic heterocycles. The van der Waals surface area contributed by atoms with Gasteiger partial charge in [0.2, 0.25) is 0 Å². The first-order chi connectivity index (χ1) is 9.95. The number of hydrogen-bond acceptors (Lipinski definition) is 4. The van der Waals surface area contributed by atoms with Gasteiger partial charge in [-0.1, -0.05) is 0 Å². The Kier molecular flexibility index (Phi) is 3.67. The van der Waals surface area contributed by atoms with Crippen molar-refractivity contribution in [3.63, 3.8) is 0 Å².